The van der Waals surface area contributed by atoms with Gasteiger partial charge in [0.1, 0.15) is 5.75 Å². The Balaban J connectivity index is 1.64. The van der Waals surface area contributed by atoms with Crippen LogP contribution in [0.2, 0.25) is 4.34 Å². The third kappa shape index (κ3) is 5.67. The fourth-order valence-electron chi connectivity index (χ4n) is 2.03. The van der Waals surface area contributed by atoms with Crippen molar-refractivity contribution in [1.82, 2.24) is 4.90 Å². The van der Waals surface area contributed by atoms with Crippen molar-refractivity contribution >= 4 is 22.9 Å². The lowest BCUT2D eigenvalue weighted by Crippen LogP contribution is -2.20. The standard InChI is InChI=1S/C16H21ClN2OS/c1-19(12-15-7-8-16(17)21-15)9-2-10-20-14-5-3-13(11-18)4-6-14/h3-8H,2,9-12,18H2,1H3. The van der Waals surface area contributed by atoms with Crippen LogP contribution in [0.25, 0.3) is 0 Å². The van der Waals surface area contributed by atoms with Crippen LogP contribution in [0.15, 0.2) is 36.4 Å². The fraction of sp³-hybridized carbons (Fsp3) is 0.375. The molecule has 0 fully saturated rings. The van der Waals surface area contributed by atoms with Gasteiger partial charge < -0.3 is 15.4 Å². The third-order valence-electron chi connectivity index (χ3n) is 3.17. The molecule has 2 rings (SSSR count). The van der Waals surface area contributed by atoms with Crippen LogP contribution in [-0.2, 0) is 13.1 Å². The van der Waals surface area contributed by atoms with E-state index in [2.05, 4.69) is 18.0 Å². The summed E-state index contributed by atoms with van der Waals surface area (Å²) in [6.07, 6.45) is 0.994. The highest BCUT2D eigenvalue weighted by molar-refractivity contribution is 7.16. The molecule has 0 amide bonds. The maximum atomic E-state index is 5.93. The van der Waals surface area contributed by atoms with Gasteiger partial charge in [-0.05, 0) is 43.3 Å². The molecule has 0 aliphatic carbocycles. The zero-order valence-corrected chi connectivity index (χ0v) is 13.8. The topological polar surface area (TPSA) is 38.5 Å². The van der Waals surface area contributed by atoms with Gasteiger partial charge in [0, 0.05) is 24.5 Å². The van der Waals surface area contributed by atoms with Crippen molar-refractivity contribution in [2.24, 2.45) is 5.73 Å². The maximum absolute atomic E-state index is 5.93. The maximum Gasteiger partial charge on any atom is 0.119 e. The van der Waals surface area contributed by atoms with Gasteiger partial charge in [-0.1, -0.05) is 23.7 Å². The van der Waals surface area contributed by atoms with Crippen LogP contribution >= 0.6 is 22.9 Å². The summed E-state index contributed by atoms with van der Waals surface area (Å²) >= 11 is 7.57. The molecular weight excluding hydrogens is 304 g/mol. The highest BCUT2D eigenvalue weighted by Crippen LogP contribution is 2.22. The first-order valence-corrected chi connectivity index (χ1v) is 8.21. The van der Waals surface area contributed by atoms with Crippen LogP contribution in [0.4, 0.5) is 0 Å². The van der Waals surface area contributed by atoms with Crippen LogP contribution < -0.4 is 10.5 Å². The summed E-state index contributed by atoms with van der Waals surface area (Å²) in [6.45, 7) is 3.22. The molecule has 1 aromatic carbocycles. The Bertz CT molecular complexity index is 541. The summed E-state index contributed by atoms with van der Waals surface area (Å²) in [7, 11) is 2.11. The fourth-order valence-corrected chi connectivity index (χ4v) is 3.20. The molecule has 0 unspecified atom stereocenters. The summed E-state index contributed by atoms with van der Waals surface area (Å²) in [5, 5.41) is 0. The Morgan fingerprint density at radius 3 is 2.57 bits per heavy atom. The molecule has 0 aliphatic rings. The minimum Gasteiger partial charge on any atom is -0.494 e. The Kier molecular flexibility index (Phi) is 6.51. The van der Waals surface area contributed by atoms with E-state index in [9.17, 15) is 0 Å². The zero-order chi connectivity index (χ0) is 15.1. The van der Waals surface area contributed by atoms with Crippen molar-refractivity contribution in [3.63, 3.8) is 0 Å². The molecule has 0 aliphatic heterocycles. The monoisotopic (exact) mass is 324 g/mol. The summed E-state index contributed by atoms with van der Waals surface area (Å²) in [6, 6.07) is 12.0. The summed E-state index contributed by atoms with van der Waals surface area (Å²) in [4.78, 5) is 3.57. The summed E-state index contributed by atoms with van der Waals surface area (Å²) in [5.74, 6) is 0.903. The van der Waals surface area contributed by atoms with Crippen molar-refractivity contribution in [3.05, 3.63) is 51.2 Å². The molecule has 0 saturated heterocycles. The van der Waals surface area contributed by atoms with Gasteiger partial charge in [-0.15, -0.1) is 11.3 Å². The average Bonchev–Trinajstić information content (AvgIpc) is 2.89. The van der Waals surface area contributed by atoms with Crippen molar-refractivity contribution in [2.45, 2.75) is 19.5 Å². The van der Waals surface area contributed by atoms with Crippen LogP contribution in [-0.4, -0.2) is 25.1 Å². The molecule has 114 valence electrons. The predicted octanol–water partition coefficient (Wildman–Crippen LogP) is 3.76. The van der Waals surface area contributed by atoms with E-state index in [4.69, 9.17) is 22.1 Å². The van der Waals surface area contributed by atoms with Crippen molar-refractivity contribution in [3.8, 4) is 5.75 Å². The SMILES string of the molecule is CN(CCCOc1ccc(CN)cc1)Cc1ccc(Cl)s1. The molecule has 1 aromatic heterocycles. The number of hydrogen-bond acceptors (Lipinski definition) is 4. The zero-order valence-electron chi connectivity index (χ0n) is 12.2. The largest absolute Gasteiger partial charge is 0.494 e. The summed E-state index contributed by atoms with van der Waals surface area (Å²) < 4.78 is 6.57. The second-order valence-corrected chi connectivity index (χ2v) is 6.79. The number of nitrogens with two attached hydrogens (primary N) is 1. The molecule has 1 heterocycles. The van der Waals surface area contributed by atoms with E-state index >= 15 is 0 Å². The molecule has 2 aromatic rings. The molecule has 0 saturated carbocycles. The second-order valence-electron chi connectivity index (χ2n) is 4.99. The van der Waals surface area contributed by atoms with Gasteiger partial charge in [-0.25, -0.2) is 0 Å². The lowest BCUT2D eigenvalue weighted by Gasteiger charge is -2.15. The summed E-state index contributed by atoms with van der Waals surface area (Å²) in [5.41, 5.74) is 6.69. The Morgan fingerprint density at radius 2 is 1.95 bits per heavy atom. The Labute approximate surface area is 135 Å². The number of halogens is 1. The highest BCUT2D eigenvalue weighted by atomic mass is 35.5. The molecule has 2 N–H and O–H groups in total. The van der Waals surface area contributed by atoms with E-state index in [1.807, 2.05) is 30.3 Å². The molecule has 0 spiro atoms. The van der Waals surface area contributed by atoms with Gasteiger partial charge in [0.2, 0.25) is 0 Å². The van der Waals surface area contributed by atoms with E-state index in [-0.39, 0.29) is 0 Å². The number of rotatable bonds is 8. The van der Waals surface area contributed by atoms with Gasteiger partial charge >= 0.3 is 0 Å². The van der Waals surface area contributed by atoms with Crippen LogP contribution in [0.1, 0.15) is 16.9 Å². The van der Waals surface area contributed by atoms with E-state index < -0.39 is 0 Å². The second kappa shape index (κ2) is 8.39. The normalized spacial score (nSPS) is 11.0. The minimum absolute atomic E-state index is 0.567. The molecule has 21 heavy (non-hydrogen) atoms. The number of hydrogen-bond donors (Lipinski definition) is 1. The Hall–Kier alpha value is -1.07. The third-order valence-corrected chi connectivity index (χ3v) is 4.38. The van der Waals surface area contributed by atoms with Gasteiger partial charge in [0.05, 0.1) is 10.9 Å². The van der Waals surface area contributed by atoms with Gasteiger partial charge in [-0.2, -0.15) is 0 Å². The first-order valence-electron chi connectivity index (χ1n) is 7.02. The number of ether oxygens (including phenoxy) is 1. The van der Waals surface area contributed by atoms with Gasteiger partial charge in [0.25, 0.3) is 0 Å². The number of benzene rings is 1. The van der Waals surface area contributed by atoms with E-state index in [1.54, 1.807) is 11.3 Å². The molecule has 0 radical (unpaired) electrons. The highest BCUT2D eigenvalue weighted by Gasteiger charge is 2.03. The van der Waals surface area contributed by atoms with Crippen LogP contribution in [0.5, 0.6) is 5.75 Å². The lowest BCUT2D eigenvalue weighted by molar-refractivity contribution is 0.260. The van der Waals surface area contributed by atoms with Crippen molar-refractivity contribution in [1.29, 1.82) is 0 Å². The molecule has 0 bridgehead atoms. The molecular formula is C16H21ClN2OS. The van der Waals surface area contributed by atoms with Crippen molar-refractivity contribution in [2.75, 3.05) is 20.2 Å². The number of thiophene rings is 1. The first kappa shape index (κ1) is 16.3. The van der Waals surface area contributed by atoms with Crippen LogP contribution in [0.3, 0.4) is 0 Å². The lowest BCUT2D eigenvalue weighted by atomic mass is 10.2. The van der Waals surface area contributed by atoms with E-state index in [0.717, 1.165) is 41.8 Å². The van der Waals surface area contributed by atoms with Gasteiger partial charge in [-0.3, -0.25) is 0 Å². The minimum atomic E-state index is 0.567. The van der Waals surface area contributed by atoms with E-state index in [0.29, 0.717) is 6.54 Å². The van der Waals surface area contributed by atoms with Crippen molar-refractivity contribution < 1.29 is 4.74 Å². The molecule has 5 heteroatoms. The van der Waals surface area contributed by atoms with Gasteiger partial charge in [0.15, 0.2) is 0 Å². The quantitative estimate of drug-likeness (QED) is 0.751. The van der Waals surface area contributed by atoms with E-state index in [1.165, 1.54) is 4.88 Å². The molecule has 3 nitrogen and oxygen atoms in total. The van der Waals surface area contributed by atoms with Crippen LogP contribution in [0, 0.1) is 0 Å². The number of nitrogens with zero attached hydrogens (tertiary/aromatic N) is 1. The Morgan fingerprint density at radius 1 is 1.19 bits per heavy atom. The predicted molar refractivity (Wildman–Crippen MR) is 90.1 cm³/mol. The first-order chi connectivity index (χ1) is 10.2. The molecule has 0 atom stereocenters. The smallest absolute Gasteiger partial charge is 0.119 e. The average molecular weight is 325 g/mol.